The zero-order valence-corrected chi connectivity index (χ0v) is 12.1. The van der Waals surface area contributed by atoms with Crippen molar-refractivity contribution in [2.75, 3.05) is 20.1 Å². The predicted octanol–water partition coefficient (Wildman–Crippen LogP) is 2.73. The van der Waals surface area contributed by atoms with Crippen LogP contribution in [-0.4, -0.2) is 26.0 Å². The minimum atomic E-state index is 0.0305. The fourth-order valence-corrected chi connectivity index (χ4v) is 1.85. The smallest absolute Gasteiger partial charge is 0.220 e. The van der Waals surface area contributed by atoms with E-state index >= 15 is 0 Å². The maximum atomic E-state index is 11.6. The van der Waals surface area contributed by atoms with Crippen molar-refractivity contribution in [3.63, 3.8) is 0 Å². The molecule has 106 valence electrons. The molecule has 0 aliphatic heterocycles. The number of rotatable bonds is 8. The van der Waals surface area contributed by atoms with E-state index in [9.17, 15) is 4.79 Å². The molecule has 4 nitrogen and oxygen atoms in total. The second-order valence-corrected chi connectivity index (χ2v) is 4.48. The van der Waals surface area contributed by atoms with Crippen molar-refractivity contribution in [2.24, 2.45) is 0 Å². The first kappa shape index (κ1) is 15.6. The van der Waals surface area contributed by atoms with Crippen molar-refractivity contribution in [3.05, 3.63) is 23.8 Å². The molecule has 0 saturated heterocycles. The second kappa shape index (κ2) is 8.64. The van der Waals surface area contributed by atoms with Gasteiger partial charge in [0.05, 0.1) is 14.2 Å². The number of benzene rings is 1. The maximum Gasteiger partial charge on any atom is 0.220 e. The Kier molecular flexibility index (Phi) is 7.11. The van der Waals surface area contributed by atoms with E-state index in [4.69, 9.17) is 21.1 Å². The van der Waals surface area contributed by atoms with E-state index in [0.29, 0.717) is 24.6 Å². The maximum absolute atomic E-state index is 11.6. The molecule has 1 aromatic carbocycles. The van der Waals surface area contributed by atoms with Gasteiger partial charge >= 0.3 is 0 Å². The van der Waals surface area contributed by atoms with Gasteiger partial charge in [0.25, 0.3) is 0 Å². The molecule has 1 aromatic rings. The third-order valence-corrected chi connectivity index (χ3v) is 3.02. The van der Waals surface area contributed by atoms with Crippen LogP contribution in [-0.2, 0) is 11.3 Å². The van der Waals surface area contributed by atoms with Gasteiger partial charge in [-0.1, -0.05) is 0 Å². The van der Waals surface area contributed by atoms with E-state index in [1.807, 2.05) is 12.1 Å². The molecule has 0 heterocycles. The molecule has 0 fully saturated rings. The van der Waals surface area contributed by atoms with Crippen LogP contribution in [0.1, 0.15) is 24.8 Å². The highest BCUT2D eigenvalue weighted by Gasteiger charge is 2.07. The molecule has 19 heavy (non-hydrogen) atoms. The Hall–Kier alpha value is -1.42. The zero-order valence-electron chi connectivity index (χ0n) is 11.4. The largest absolute Gasteiger partial charge is 0.497 e. The summed E-state index contributed by atoms with van der Waals surface area (Å²) in [5, 5.41) is 2.87. The first-order chi connectivity index (χ1) is 9.21. The average Bonchev–Trinajstić information content (AvgIpc) is 2.45. The third-order valence-electron chi connectivity index (χ3n) is 2.76. The molecule has 0 saturated carbocycles. The summed E-state index contributed by atoms with van der Waals surface area (Å²) >= 11 is 5.57. The zero-order chi connectivity index (χ0) is 14.1. The number of hydrogen-bond acceptors (Lipinski definition) is 3. The summed E-state index contributed by atoms with van der Waals surface area (Å²) in [5.74, 6) is 2.07. The fourth-order valence-electron chi connectivity index (χ4n) is 1.66. The van der Waals surface area contributed by atoms with Crippen LogP contribution in [0.4, 0.5) is 0 Å². The van der Waals surface area contributed by atoms with Crippen molar-refractivity contribution >= 4 is 17.5 Å². The number of amides is 1. The van der Waals surface area contributed by atoms with Gasteiger partial charge in [-0.05, 0) is 25.0 Å². The van der Waals surface area contributed by atoms with Gasteiger partial charge in [0.1, 0.15) is 11.5 Å². The number of ether oxygens (including phenoxy) is 2. The minimum Gasteiger partial charge on any atom is -0.497 e. The van der Waals surface area contributed by atoms with Crippen LogP contribution in [0.2, 0.25) is 0 Å². The van der Waals surface area contributed by atoms with Gasteiger partial charge < -0.3 is 14.8 Å². The van der Waals surface area contributed by atoms with E-state index in [0.717, 1.165) is 24.2 Å². The SMILES string of the molecule is COc1ccc(CNC(=O)CCCCCl)c(OC)c1. The number of halogens is 1. The quantitative estimate of drug-likeness (QED) is 0.590. The highest BCUT2D eigenvalue weighted by Crippen LogP contribution is 2.24. The van der Waals surface area contributed by atoms with Crippen molar-refractivity contribution < 1.29 is 14.3 Å². The lowest BCUT2D eigenvalue weighted by atomic mass is 10.2. The number of carbonyl (C=O) groups is 1. The standard InChI is InChI=1S/C14H20ClNO3/c1-18-12-7-6-11(13(9-12)19-2)10-16-14(17)5-3-4-8-15/h6-7,9H,3-5,8,10H2,1-2H3,(H,16,17). The highest BCUT2D eigenvalue weighted by atomic mass is 35.5. The summed E-state index contributed by atoms with van der Waals surface area (Å²) in [6.45, 7) is 0.451. The first-order valence-electron chi connectivity index (χ1n) is 6.24. The number of carbonyl (C=O) groups excluding carboxylic acids is 1. The Morgan fingerprint density at radius 2 is 2.05 bits per heavy atom. The number of unbranched alkanes of at least 4 members (excludes halogenated alkanes) is 1. The van der Waals surface area contributed by atoms with Crippen LogP contribution in [0.25, 0.3) is 0 Å². The Morgan fingerprint density at radius 1 is 1.26 bits per heavy atom. The van der Waals surface area contributed by atoms with Crippen molar-refractivity contribution in [2.45, 2.75) is 25.8 Å². The number of alkyl halides is 1. The molecule has 1 amide bonds. The molecule has 1 rings (SSSR count). The average molecular weight is 286 g/mol. The van der Waals surface area contributed by atoms with Crippen LogP contribution in [0.3, 0.4) is 0 Å². The molecule has 0 aromatic heterocycles. The summed E-state index contributed by atoms with van der Waals surface area (Å²) in [7, 11) is 3.20. The fraction of sp³-hybridized carbons (Fsp3) is 0.500. The van der Waals surface area contributed by atoms with E-state index in [-0.39, 0.29) is 5.91 Å². The molecule has 0 bridgehead atoms. The molecule has 0 aliphatic carbocycles. The summed E-state index contributed by atoms with van der Waals surface area (Å²) in [5.41, 5.74) is 0.925. The van der Waals surface area contributed by atoms with Gasteiger partial charge in [-0.2, -0.15) is 0 Å². The summed E-state index contributed by atoms with van der Waals surface area (Å²) < 4.78 is 10.4. The van der Waals surface area contributed by atoms with E-state index in [2.05, 4.69) is 5.32 Å². The van der Waals surface area contributed by atoms with Crippen molar-refractivity contribution in [1.29, 1.82) is 0 Å². The monoisotopic (exact) mass is 285 g/mol. The lowest BCUT2D eigenvalue weighted by Crippen LogP contribution is -2.22. The van der Waals surface area contributed by atoms with Crippen LogP contribution < -0.4 is 14.8 Å². The molecular formula is C14H20ClNO3. The van der Waals surface area contributed by atoms with Gasteiger partial charge in [0, 0.05) is 30.5 Å². The third kappa shape index (κ3) is 5.39. The number of hydrogen-bond donors (Lipinski definition) is 1. The first-order valence-corrected chi connectivity index (χ1v) is 6.78. The van der Waals surface area contributed by atoms with Crippen molar-refractivity contribution in [3.8, 4) is 11.5 Å². The lowest BCUT2D eigenvalue weighted by Gasteiger charge is -2.11. The van der Waals surface area contributed by atoms with Gasteiger partial charge in [0.15, 0.2) is 0 Å². The topological polar surface area (TPSA) is 47.6 Å². The lowest BCUT2D eigenvalue weighted by molar-refractivity contribution is -0.121. The predicted molar refractivity (Wildman–Crippen MR) is 76.0 cm³/mol. The summed E-state index contributed by atoms with van der Waals surface area (Å²) in [4.78, 5) is 11.6. The normalized spacial score (nSPS) is 10.1. The second-order valence-electron chi connectivity index (χ2n) is 4.10. The summed E-state index contributed by atoms with van der Waals surface area (Å²) in [6.07, 6.45) is 2.18. The van der Waals surface area contributed by atoms with Gasteiger partial charge in [-0.25, -0.2) is 0 Å². The Morgan fingerprint density at radius 3 is 2.68 bits per heavy atom. The summed E-state index contributed by atoms with van der Waals surface area (Å²) in [6, 6.07) is 5.53. The van der Waals surface area contributed by atoms with Crippen LogP contribution in [0.15, 0.2) is 18.2 Å². The Bertz CT molecular complexity index is 410. The van der Waals surface area contributed by atoms with Crippen LogP contribution in [0, 0.1) is 0 Å². The van der Waals surface area contributed by atoms with Gasteiger partial charge in [-0.15, -0.1) is 11.6 Å². The molecule has 0 unspecified atom stereocenters. The van der Waals surface area contributed by atoms with E-state index in [1.54, 1.807) is 20.3 Å². The van der Waals surface area contributed by atoms with E-state index in [1.165, 1.54) is 0 Å². The van der Waals surface area contributed by atoms with Crippen LogP contribution >= 0.6 is 11.6 Å². The Labute approximate surface area is 119 Å². The molecule has 1 N–H and O–H groups in total. The van der Waals surface area contributed by atoms with Crippen LogP contribution in [0.5, 0.6) is 11.5 Å². The van der Waals surface area contributed by atoms with Gasteiger partial charge in [0.2, 0.25) is 5.91 Å². The van der Waals surface area contributed by atoms with E-state index < -0.39 is 0 Å². The molecule has 5 heteroatoms. The number of nitrogens with one attached hydrogen (secondary N) is 1. The molecule has 0 aliphatic rings. The van der Waals surface area contributed by atoms with Gasteiger partial charge in [-0.3, -0.25) is 4.79 Å². The minimum absolute atomic E-state index is 0.0305. The van der Waals surface area contributed by atoms with Crippen molar-refractivity contribution in [1.82, 2.24) is 5.32 Å². The molecular weight excluding hydrogens is 266 g/mol. The Balaban J connectivity index is 2.50. The molecule has 0 radical (unpaired) electrons. The number of methoxy groups -OCH3 is 2. The molecule has 0 atom stereocenters. The molecule has 0 spiro atoms. The highest BCUT2D eigenvalue weighted by molar-refractivity contribution is 6.17.